The summed E-state index contributed by atoms with van der Waals surface area (Å²) in [6.45, 7) is 8.77. The van der Waals surface area contributed by atoms with Gasteiger partial charge in [0, 0.05) is 6.04 Å². The van der Waals surface area contributed by atoms with Gasteiger partial charge in [0.15, 0.2) is 5.96 Å². The van der Waals surface area contributed by atoms with Crippen molar-refractivity contribution in [1.82, 2.24) is 5.32 Å². The summed E-state index contributed by atoms with van der Waals surface area (Å²) in [5, 5.41) is 3.15. The molecule has 0 heterocycles. The van der Waals surface area contributed by atoms with E-state index < -0.39 is 0 Å². The molecule has 0 saturated heterocycles. The fourth-order valence-corrected chi connectivity index (χ4v) is 2.25. The largest absolute Gasteiger partial charge is 0.370 e. The second-order valence-electron chi connectivity index (χ2n) is 5.15. The van der Waals surface area contributed by atoms with Crippen LogP contribution in [0.5, 0.6) is 0 Å². The van der Waals surface area contributed by atoms with Crippen LogP contribution >= 0.6 is 0 Å². The van der Waals surface area contributed by atoms with E-state index in [1.807, 2.05) is 0 Å². The summed E-state index contributed by atoms with van der Waals surface area (Å²) < 4.78 is 0. The van der Waals surface area contributed by atoms with Gasteiger partial charge in [0.25, 0.3) is 0 Å². The van der Waals surface area contributed by atoms with E-state index >= 15 is 0 Å². The number of rotatable bonds is 2. The van der Waals surface area contributed by atoms with Crippen LogP contribution in [0.3, 0.4) is 0 Å². The molecule has 0 aliphatic heterocycles. The molecule has 0 aromatic heterocycles. The summed E-state index contributed by atoms with van der Waals surface area (Å²) in [6, 6.07) is 0.782. The van der Waals surface area contributed by atoms with Crippen molar-refractivity contribution in [1.29, 1.82) is 0 Å². The van der Waals surface area contributed by atoms with E-state index in [0.717, 1.165) is 5.92 Å². The highest BCUT2D eigenvalue weighted by atomic mass is 15.1. The number of hydrogen-bond acceptors (Lipinski definition) is 1. The van der Waals surface area contributed by atoms with Crippen molar-refractivity contribution in [2.45, 2.75) is 59.0 Å². The molecule has 0 bridgehead atoms. The maximum Gasteiger partial charge on any atom is 0.189 e. The van der Waals surface area contributed by atoms with Crippen LogP contribution in [0.2, 0.25) is 0 Å². The van der Waals surface area contributed by atoms with Gasteiger partial charge in [-0.1, -0.05) is 26.7 Å². The van der Waals surface area contributed by atoms with Crippen LogP contribution in [0.4, 0.5) is 0 Å². The molecule has 1 rings (SSSR count). The lowest BCUT2D eigenvalue weighted by atomic mass is 9.78. The monoisotopic (exact) mass is 211 g/mol. The molecule has 0 aromatic rings. The fourth-order valence-electron chi connectivity index (χ4n) is 2.25. The summed E-state index contributed by atoms with van der Waals surface area (Å²) in [4.78, 5) is 4.59. The van der Waals surface area contributed by atoms with E-state index in [1.54, 1.807) is 0 Å². The van der Waals surface area contributed by atoms with Crippen LogP contribution < -0.4 is 11.1 Å². The van der Waals surface area contributed by atoms with Crippen LogP contribution in [0.25, 0.3) is 0 Å². The minimum atomic E-state index is 0.366. The molecule has 3 atom stereocenters. The second kappa shape index (κ2) is 5.38. The van der Waals surface area contributed by atoms with E-state index in [4.69, 9.17) is 5.73 Å². The SMILES string of the molecule is CC(C)NC(N)=NC1CCCC(C)C1C. The molecule has 1 fully saturated rings. The van der Waals surface area contributed by atoms with Gasteiger partial charge in [-0.05, 0) is 32.1 Å². The third-order valence-electron chi connectivity index (χ3n) is 3.41. The smallest absolute Gasteiger partial charge is 0.189 e. The van der Waals surface area contributed by atoms with Crippen LogP contribution in [-0.4, -0.2) is 18.0 Å². The molecular formula is C12H25N3. The fraction of sp³-hybridized carbons (Fsp3) is 0.917. The average Bonchev–Trinajstić information content (AvgIpc) is 2.11. The van der Waals surface area contributed by atoms with Gasteiger partial charge in [-0.3, -0.25) is 0 Å². The zero-order valence-corrected chi connectivity index (χ0v) is 10.5. The van der Waals surface area contributed by atoms with Crippen molar-refractivity contribution in [3.05, 3.63) is 0 Å². The molecule has 0 spiro atoms. The van der Waals surface area contributed by atoms with Gasteiger partial charge in [-0.2, -0.15) is 0 Å². The molecule has 15 heavy (non-hydrogen) atoms. The van der Waals surface area contributed by atoms with Crippen molar-refractivity contribution in [2.75, 3.05) is 0 Å². The summed E-state index contributed by atoms with van der Waals surface area (Å²) in [5.74, 6) is 2.04. The standard InChI is InChI=1S/C12H25N3/c1-8(2)14-12(13)15-11-7-5-6-9(3)10(11)4/h8-11H,5-7H2,1-4H3,(H3,13,14,15). The van der Waals surface area contributed by atoms with Gasteiger partial charge in [-0.15, -0.1) is 0 Å². The molecule has 3 unspecified atom stereocenters. The third-order valence-corrected chi connectivity index (χ3v) is 3.41. The summed E-state index contributed by atoms with van der Waals surface area (Å²) in [6.07, 6.45) is 3.81. The van der Waals surface area contributed by atoms with Crippen molar-refractivity contribution >= 4 is 5.96 Å². The van der Waals surface area contributed by atoms with Gasteiger partial charge in [0.1, 0.15) is 0 Å². The van der Waals surface area contributed by atoms with E-state index in [2.05, 4.69) is 38.0 Å². The Balaban J connectivity index is 2.55. The molecule has 3 nitrogen and oxygen atoms in total. The van der Waals surface area contributed by atoms with Gasteiger partial charge < -0.3 is 11.1 Å². The Labute approximate surface area is 93.5 Å². The highest BCUT2D eigenvalue weighted by Gasteiger charge is 2.26. The molecular weight excluding hydrogens is 186 g/mol. The molecule has 0 aromatic carbocycles. The van der Waals surface area contributed by atoms with Crippen LogP contribution in [0.1, 0.15) is 47.0 Å². The lowest BCUT2D eigenvalue weighted by Gasteiger charge is -2.31. The Morgan fingerprint density at radius 1 is 1.33 bits per heavy atom. The highest BCUT2D eigenvalue weighted by Crippen LogP contribution is 2.31. The number of nitrogens with one attached hydrogen (secondary N) is 1. The van der Waals surface area contributed by atoms with Gasteiger partial charge in [0.05, 0.1) is 6.04 Å². The minimum absolute atomic E-state index is 0.366. The molecule has 1 aliphatic rings. The molecule has 3 N–H and O–H groups in total. The van der Waals surface area contributed by atoms with Crippen molar-refractivity contribution in [3.63, 3.8) is 0 Å². The Hall–Kier alpha value is -0.730. The Morgan fingerprint density at radius 2 is 2.00 bits per heavy atom. The lowest BCUT2D eigenvalue weighted by molar-refractivity contribution is 0.241. The Bertz CT molecular complexity index is 223. The number of aliphatic imine (C=N–C) groups is 1. The predicted octanol–water partition coefficient (Wildman–Crippen LogP) is 2.12. The molecule has 1 saturated carbocycles. The predicted molar refractivity (Wildman–Crippen MR) is 65.9 cm³/mol. The van der Waals surface area contributed by atoms with Gasteiger partial charge >= 0.3 is 0 Å². The van der Waals surface area contributed by atoms with Crippen molar-refractivity contribution in [2.24, 2.45) is 22.6 Å². The maximum absolute atomic E-state index is 5.85. The van der Waals surface area contributed by atoms with E-state index in [1.165, 1.54) is 19.3 Å². The number of nitrogens with two attached hydrogens (primary N) is 1. The molecule has 1 aliphatic carbocycles. The first-order valence-corrected chi connectivity index (χ1v) is 6.10. The first-order valence-electron chi connectivity index (χ1n) is 6.10. The van der Waals surface area contributed by atoms with Crippen LogP contribution in [-0.2, 0) is 0 Å². The first kappa shape index (κ1) is 12.3. The van der Waals surface area contributed by atoms with Gasteiger partial charge in [-0.25, -0.2) is 4.99 Å². The van der Waals surface area contributed by atoms with Gasteiger partial charge in [0.2, 0.25) is 0 Å². The number of nitrogens with zero attached hydrogens (tertiary/aromatic N) is 1. The summed E-state index contributed by atoms with van der Waals surface area (Å²) in [7, 11) is 0. The van der Waals surface area contributed by atoms with Crippen LogP contribution in [0, 0.1) is 11.8 Å². The van der Waals surface area contributed by atoms with E-state index in [-0.39, 0.29) is 0 Å². The molecule has 3 heteroatoms. The minimum Gasteiger partial charge on any atom is -0.370 e. The average molecular weight is 211 g/mol. The maximum atomic E-state index is 5.85. The Morgan fingerprint density at radius 3 is 2.60 bits per heavy atom. The van der Waals surface area contributed by atoms with Crippen LogP contribution in [0.15, 0.2) is 4.99 Å². The van der Waals surface area contributed by atoms with Crippen molar-refractivity contribution in [3.8, 4) is 0 Å². The first-order chi connectivity index (χ1) is 7.00. The Kier molecular flexibility index (Phi) is 4.43. The quantitative estimate of drug-likeness (QED) is 0.543. The zero-order chi connectivity index (χ0) is 11.4. The zero-order valence-electron chi connectivity index (χ0n) is 10.5. The van der Waals surface area contributed by atoms with Crippen molar-refractivity contribution < 1.29 is 0 Å². The molecule has 0 radical (unpaired) electrons. The summed E-state index contributed by atoms with van der Waals surface area (Å²) in [5.41, 5.74) is 5.85. The third kappa shape index (κ3) is 3.73. The second-order valence-corrected chi connectivity index (χ2v) is 5.15. The molecule has 88 valence electrons. The lowest BCUT2D eigenvalue weighted by Crippen LogP contribution is -2.39. The normalized spacial score (nSPS) is 33.1. The number of guanidine groups is 1. The van der Waals surface area contributed by atoms with E-state index in [0.29, 0.717) is 24.0 Å². The molecule has 0 amide bonds. The highest BCUT2D eigenvalue weighted by molar-refractivity contribution is 5.78. The van der Waals surface area contributed by atoms with E-state index in [9.17, 15) is 0 Å². The topological polar surface area (TPSA) is 50.4 Å². The summed E-state index contributed by atoms with van der Waals surface area (Å²) >= 11 is 0. The number of hydrogen-bond donors (Lipinski definition) is 2.